The average Bonchev–Trinajstić information content (AvgIpc) is 0.910. The van der Waals surface area contributed by atoms with Gasteiger partial charge < -0.3 is 150 Å². The summed E-state index contributed by atoms with van der Waals surface area (Å²) in [4.78, 5) is 20.6. The molecule has 6 N–H and O–H groups in total. The molecular weight excluding hydrogens is 1580 g/mol. The third kappa shape index (κ3) is 52.5. The highest BCUT2D eigenvalue weighted by Crippen LogP contribution is 2.21. The highest BCUT2D eigenvalue weighted by atomic mass is 28.4. The summed E-state index contributed by atoms with van der Waals surface area (Å²) in [6.45, 7) is 23.9. The minimum absolute atomic E-state index is 0.0617. The van der Waals surface area contributed by atoms with Crippen molar-refractivity contribution in [2.45, 2.75) is 201 Å². The molecule has 14 unspecified atom stereocenters. The van der Waals surface area contributed by atoms with E-state index < -0.39 is 91.9 Å². The van der Waals surface area contributed by atoms with E-state index in [0.29, 0.717) is 104 Å². The number of hydrogen-bond acceptors (Lipinski definition) is 32. The van der Waals surface area contributed by atoms with Gasteiger partial charge >= 0.3 is 34.2 Å². The quantitative estimate of drug-likeness (QED) is 0.0323. The molecule has 0 radical (unpaired) electrons. The maximum absolute atomic E-state index is 10.3. The van der Waals surface area contributed by atoms with Crippen LogP contribution in [0, 0.1) is 0 Å². The molecule has 0 aliphatic carbocycles. The largest absolute Gasteiger partial charge is 0.418 e. The van der Waals surface area contributed by atoms with Gasteiger partial charge in [0.15, 0.2) is 0 Å². The van der Waals surface area contributed by atoms with E-state index in [4.69, 9.17) is 120 Å². The molecule has 0 amide bonds. The van der Waals surface area contributed by atoms with Crippen LogP contribution in [0.15, 0.2) is 0 Å². The molecule has 0 bridgehead atoms. The monoisotopic (exact) mass is 1730 g/mol. The number of hydrogen-bond donors (Lipinski definition) is 6. The van der Waals surface area contributed by atoms with Gasteiger partial charge in [0.05, 0.1) is 131 Å². The third-order valence-corrected chi connectivity index (χ3v) is 42.7. The first-order valence-corrected chi connectivity index (χ1v) is 60.9. The molecule has 2 heterocycles. The Bertz CT molecular complexity index is 1870. The van der Waals surface area contributed by atoms with Crippen LogP contribution in [-0.4, -0.2) is 401 Å². The van der Waals surface area contributed by atoms with Gasteiger partial charge in [0.25, 0.3) is 0 Å². The molecule has 0 saturated carbocycles. The Morgan fingerprint density at radius 3 is 0.518 bits per heavy atom. The highest BCUT2D eigenvalue weighted by molar-refractivity contribution is 6.73. The lowest BCUT2D eigenvalue weighted by molar-refractivity contribution is -0.166. The summed E-state index contributed by atoms with van der Waals surface area (Å²) in [5, 5.41) is 38.9. The summed E-state index contributed by atoms with van der Waals surface area (Å²) >= 11 is 0. The second-order valence-corrected chi connectivity index (χ2v) is 60.3. The van der Waals surface area contributed by atoms with E-state index in [1.165, 1.54) is 14.2 Å². The molecule has 2 aliphatic heterocycles. The first-order valence-electron chi connectivity index (χ1n) is 39.4. The zero-order chi connectivity index (χ0) is 82.1. The van der Waals surface area contributed by atoms with Crippen LogP contribution < -0.4 is 0 Å². The van der Waals surface area contributed by atoms with Crippen molar-refractivity contribution in [3.05, 3.63) is 0 Å². The van der Waals surface area contributed by atoms with Crippen molar-refractivity contribution in [2.75, 3.05) is 255 Å². The molecule has 40 heteroatoms. The van der Waals surface area contributed by atoms with Gasteiger partial charge in [0.2, 0.25) is 33.3 Å². The van der Waals surface area contributed by atoms with Gasteiger partial charge in [-0.05, 0) is 152 Å². The standard InChI is InChI=1S/C36H80O16Si4.C34H76O16Si4/c1-39-53(7,31-37)19-11-15-45-23-33-27-51-36(26-48-18-14-22-56(10,43-5)44-6)30-50-34(24-46-16-12-20-54(8,32-38)40-2)28-52-35(29-49-33)25-47-17-13-21-55(9,41-3)42-4;1-39-51(5,29-35)17-9-13-43-21-31-25-49-34(24-46-16-12-20-54(8,38)42-4)28-48-32(22-44-14-10-18-52(6,30-36)40-2)26-50-33(27-47-31)23-45-15-11-19-53(7,37)41-3/h33-38H,11-32H2,1-10H3;31-38H,9-30H2,1-8H3. The van der Waals surface area contributed by atoms with Crippen molar-refractivity contribution in [1.82, 2.24) is 0 Å². The molecule has 2 saturated heterocycles. The van der Waals surface area contributed by atoms with E-state index in [0.717, 1.165) is 74.8 Å². The minimum Gasteiger partial charge on any atom is -0.418 e. The second-order valence-electron chi connectivity index (χ2n) is 30.2. The Morgan fingerprint density at radius 2 is 0.382 bits per heavy atom. The van der Waals surface area contributed by atoms with Crippen molar-refractivity contribution < 1.29 is 150 Å². The molecule has 0 spiro atoms. The van der Waals surface area contributed by atoms with Gasteiger partial charge in [-0.25, -0.2) is 0 Å². The fraction of sp³-hybridized carbons (Fsp3) is 1.00. The fourth-order valence-electron chi connectivity index (χ4n) is 10.8. The smallest absolute Gasteiger partial charge is 0.334 e. The normalized spacial score (nSPS) is 24.0. The molecule has 2 fully saturated rings. The summed E-state index contributed by atoms with van der Waals surface area (Å²) in [5.41, 5.74) is 0. The summed E-state index contributed by atoms with van der Waals surface area (Å²) < 4.78 is 155. The van der Waals surface area contributed by atoms with Crippen molar-refractivity contribution in [3.63, 3.8) is 0 Å². The van der Waals surface area contributed by atoms with Crippen molar-refractivity contribution in [1.29, 1.82) is 0 Å². The molecule has 0 aromatic heterocycles. The zero-order valence-corrected chi connectivity index (χ0v) is 79.0. The molecule has 32 nitrogen and oxygen atoms in total. The van der Waals surface area contributed by atoms with Gasteiger partial charge in [0, 0.05) is 124 Å². The van der Waals surface area contributed by atoms with Crippen LogP contribution in [0.1, 0.15) is 51.4 Å². The Kier molecular flexibility index (Phi) is 62.6. The molecule has 0 aromatic carbocycles. The molecule has 660 valence electrons. The van der Waals surface area contributed by atoms with Crippen LogP contribution >= 0.6 is 0 Å². The van der Waals surface area contributed by atoms with Crippen LogP contribution in [0.5, 0.6) is 0 Å². The lowest BCUT2D eigenvalue weighted by atomic mass is 10.3. The SMILES string of the molecule is CO[Si](C)(CO)CCCOCC1COC(COCCC[Si](C)(OC)OC)COC(COCCC[Si](C)(CO)OC)COC(COCCC[Si](C)(OC)OC)CO1.CO[Si](C)(O)CCCOCC1COC(COCCC[Si](C)(CO)OC)COC(COCCC[Si](C)(O)OC)COC(COCCC[Si](C)(CO)OC)CO1. The molecule has 14 atom stereocenters. The van der Waals surface area contributed by atoms with Crippen LogP contribution in [-0.2, 0) is 120 Å². The van der Waals surface area contributed by atoms with Crippen molar-refractivity contribution in [2.24, 2.45) is 0 Å². The van der Waals surface area contributed by atoms with E-state index in [1.807, 2.05) is 39.3 Å². The van der Waals surface area contributed by atoms with E-state index in [9.17, 15) is 30.0 Å². The van der Waals surface area contributed by atoms with E-state index in [2.05, 4.69) is 0 Å². The second kappa shape index (κ2) is 63.4. The topological polar surface area (TPSA) is 361 Å². The molecule has 110 heavy (non-hydrogen) atoms. The zero-order valence-electron chi connectivity index (χ0n) is 71.0. The van der Waals surface area contributed by atoms with Gasteiger partial charge in [-0.1, -0.05) is 0 Å². The van der Waals surface area contributed by atoms with E-state index in [-0.39, 0.29) is 129 Å². The lowest BCUT2D eigenvalue weighted by Crippen LogP contribution is -2.41. The molecule has 0 aromatic rings. The van der Waals surface area contributed by atoms with E-state index >= 15 is 0 Å². The fourth-order valence-corrected chi connectivity index (χ4v) is 21.0. The Balaban J connectivity index is 0.00000110. The lowest BCUT2D eigenvalue weighted by Gasteiger charge is -2.29. The number of rotatable bonds is 62. The van der Waals surface area contributed by atoms with Crippen molar-refractivity contribution in [3.8, 4) is 0 Å². The maximum Gasteiger partial charge on any atom is 0.334 e. The van der Waals surface area contributed by atoms with Crippen LogP contribution in [0.3, 0.4) is 0 Å². The third-order valence-electron chi connectivity index (χ3n) is 20.2. The first-order chi connectivity index (χ1) is 52.5. The highest BCUT2D eigenvalue weighted by Gasteiger charge is 2.34. The number of aliphatic hydroxyl groups excluding tert-OH is 4. The molecule has 2 aliphatic rings. The Morgan fingerprint density at radius 1 is 0.227 bits per heavy atom. The first kappa shape index (κ1) is 108. The van der Waals surface area contributed by atoms with Crippen LogP contribution in [0.2, 0.25) is 101 Å². The minimum atomic E-state index is -2.67. The summed E-state index contributed by atoms with van der Waals surface area (Å²) in [7, 11) is -1.77. The molecule has 2 rings (SSSR count). The average molecular weight is 1730 g/mol. The summed E-state index contributed by atoms with van der Waals surface area (Å²) in [6.07, 6.45) is 3.08. The summed E-state index contributed by atoms with van der Waals surface area (Å²) in [6, 6.07) is 5.88. The number of ether oxygens (including phenoxy) is 16. The van der Waals surface area contributed by atoms with Crippen molar-refractivity contribution >= 4 is 67.5 Å². The van der Waals surface area contributed by atoms with Gasteiger partial charge in [-0.2, -0.15) is 0 Å². The Labute approximate surface area is 669 Å². The van der Waals surface area contributed by atoms with Crippen LogP contribution in [0.4, 0.5) is 0 Å². The summed E-state index contributed by atoms with van der Waals surface area (Å²) in [5.74, 6) is 0. The Hall–Kier alpha value is 0.455. The predicted molar refractivity (Wildman–Crippen MR) is 436 cm³/mol. The number of aliphatic hydroxyl groups is 4. The maximum atomic E-state index is 10.3. The van der Waals surface area contributed by atoms with Crippen LogP contribution in [0.25, 0.3) is 0 Å². The van der Waals surface area contributed by atoms with Gasteiger partial charge in [-0.15, -0.1) is 0 Å². The van der Waals surface area contributed by atoms with Gasteiger partial charge in [0.1, 0.15) is 48.8 Å². The van der Waals surface area contributed by atoms with Gasteiger partial charge in [-0.3, -0.25) is 0 Å². The predicted octanol–water partition coefficient (Wildman–Crippen LogP) is 5.50. The van der Waals surface area contributed by atoms with E-state index in [1.54, 1.807) is 70.0 Å². The molecular formula is C70H156O32Si8.